The van der Waals surface area contributed by atoms with Crippen LogP contribution in [0.4, 0.5) is 0 Å². The summed E-state index contributed by atoms with van der Waals surface area (Å²) in [6, 6.07) is 12.9. The Morgan fingerprint density at radius 1 is 0.914 bits per heavy atom. The number of aryl methyl sites for hydroxylation is 2. The van der Waals surface area contributed by atoms with Crippen LogP contribution >= 0.6 is 11.3 Å². The summed E-state index contributed by atoms with van der Waals surface area (Å²) in [6.45, 7) is 4.19. The number of thiophene rings is 1. The number of carbonyl (C=O) groups excluding carboxylic acids is 1. The number of methoxy groups -OCH3 is 2. The molecule has 1 amide bonds. The molecule has 4 aromatic rings. The molecule has 0 atom stereocenters. The Labute approximate surface area is 206 Å². The van der Waals surface area contributed by atoms with Crippen LogP contribution in [-0.4, -0.2) is 29.3 Å². The van der Waals surface area contributed by atoms with Gasteiger partial charge in [-0.2, -0.15) is 0 Å². The largest absolute Gasteiger partial charge is 0.493 e. The number of benzene rings is 2. The highest BCUT2D eigenvalue weighted by Crippen LogP contribution is 2.27. The normalized spacial score (nSPS) is 11.0. The maximum absolute atomic E-state index is 13.3. The molecule has 0 aliphatic rings. The van der Waals surface area contributed by atoms with E-state index in [9.17, 15) is 14.4 Å². The summed E-state index contributed by atoms with van der Waals surface area (Å²) in [4.78, 5) is 39.2. The molecule has 2 aromatic carbocycles. The molecule has 0 saturated carbocycles. The number of carbonyl (C=O) groups is 1. The van der Waals surface area contributed by atoms with Crippen molar-refractivity contribution in [1.82, 2.24) is 14.5 Å². The van der Waals surface area contributed by atoms with E-state index in [1.807, 2.05) is 38.1 Å². The van der Waals surface area contributed by atoms with E-state index in [2.05, 4.69) is 5.32 Å². The third-order valence-corrected chi connectivity index (χ3v) is 6.88. The first-order chi connectivity index (χ1) is 16.8. The fourth-order valence-corrected chi connectivity index (χ4v) is 4.74. The maximum Gasteiger partial charge on any atom is 0.332 e. The number of nitrogens with one attached hydrogen (secondary N) is 1. The lowest BCUT2D eigenvalue weighted by molar-refractivity contribution is -0.121. The van der Waals surface area contributed by atoms with Crippen LogP contribution in [-0.2, 0) is 24.4 Å². The van der Waals surface area contributed by atoms with Crippen molar-refractivity contribution in [3.63, 3.8) is 0 Å². The molecule has 182 valence electrons. The highest BCUT2D eigenvalue weighted by Gasteiger charge is 2.17. The number of hydrogen-bond donors (Lipinski definition) is 1. The lowest BCUT2D eigenvalue weighted by Crippen LogP contribution is -2.42. The molecular weight excluding hydrogens is 466 g/mol. The molecule has 1 N–H and O–H groups in total. The Morgan fingerprint density at radius 3 is 2.37 bits per heavy atom. The summed E-state index contributed by atoms with van der Waals surface area (Å²) in [6.07, 6.45) is 0. The first-order valence-corrected chi connectivity index (χ1v) is 11.9. The smallest absolute Gasteiger partial charge is 0.332 e. The van der Waals surface area contributed by atoms with Crippen LogP contribution in [0.2, 0.25) is 0 Å². The van der Waals surface area contributed by atoms with Crippen molar-refractivity contribution in [2.24, 2.45) is 0 Å². The van der Waals surface area contributed by atoms with Gasteiger partial charge >= 0.3 is 5.69 Å². The van der Waals surface area contributed by atoms with E-state index in [4.69, 9.17) is 9.47 Å². The molecule has 0 unspecified atom stereocenters. The van der Waals surface area contributed by atoms with E-state index in [0.717, 1.165) is 22.3 Å². The highest BCUT2D eigenvalue weighted by molar-refractivity contribution is 7.17. The van der Waals surface area contributed by atoms with Gasteiger partial charge in [-0.25, -0.2) is 4.79 Å². The predicted molar refractivity (Wildman–Crippen MR) is 137 cm³/mol. The number of rotatable bonds is 8. The van der Waals surface area contributed by atoms with Crippen LogP contribution in [0.3, 0.4) is 0 Å². The summed E-state index contributed by atoms with van der Waals surface area (Å²) in [5.41, 5.74) is 3.50. The maximum atomic E-state index is 13.3. The Hall–Kier alpha value is -3.85. The first-order valence-electron chi connectivity index (χ1n) is 11.1. The van der Waals surface area contributed by atoms with E-state index in [1.54, 1.807) is 37.8 Å². The molecule has 2 aromatic heterocycles. The number of aromatic nitrogens is 2. The second-order valence-electron chi connectivity index (χ2n) is 8.28. The van der Waals surface area contributed by atoms with Gasteiger partial charge in [0.2, 0.25) is 5.91 Å². The topological polar surface area (TPSA) is 91.6 Å². The van der Waals surface area contributed by atoms with Gasteiger partial charge in [0.05, 0.1) is 26.3 Å². The molecule has 0 saturated heterocycles. The third kappa shape index (κ3) is 5.00. The van der Waals surface area contributed by atoms with Gasteiger partial charge in [-0.05, 0) is 59.7 Å². The molecular formula is C26H27N3O5S. The Kier molecular flexibility index (Phi) is 7.07. The number of ether oxygens (including phenoxy) is 2. The number of hydrogen-bond acceptors (Lipinski definition) is 6. The molecule has 8 nitrogen and oxygen atoms in total. The lowest BCUT2D eigenvalue weighted by atomic mass is 10.1. The number of amides is 1. The van der Waals surface area contributed by atoms with Crippen molar-refractivity contribution >= 4 is 27.5 Å². The second kappa shape index (κ2) is 10.2. The summed E-state index contributed by atoms with van der Waals surface area (Å²) in [5, 5.41) is 4.59. The Bertz CT molecular complexity index is 1520. The number of nitrogens with zero attached hydrogens (tertiary/aromatic N) is 2. The fraction of sp³-hybridized carbons (Fsp3) is 0.269. The standard InChI is InChI=1S/C26H27N3O5S/c1-16-5-6-19(11-17(16)2)14-29-25(31)24-20(9-10-35-24)28(26(29)32)15-23(30)27-13-18-7-8-21(33-3)22(12-18)34-4/h5-12H,13-15H2,1-4H3,(H,27,30). The third-order valence-electron chi connectivity index (χ3n) is 5.99. The van der Waals surface area contributed by atoms with E-state index >= 15 is 0 Å². The van der Waals surface area contributed by atoms with Gasteiger partial charge in [0.1, 0.15) is 11.2 Å². The van der Waals surface area contributed by atoms with Crippen molar-refractivity contribution in [1.29, 1.82) is 0 Å². The zero-order chi connectivity index (χ0) is 25.1. The predicted octanol–water partition coefficient (Wildman–Crippen LogP) is 3.22. The first kappa shape index (κ1) is 24.3. The van der Waals surface area contributed by atoms with E-state index < -0.39 is 5.69 Å². The van der Waals surface area contributed by atoms with Crippen LogP contribution in [0.5, 0.6) is 11.5 Å². The van der Waals surface area contributed by atoms with Gasteiger partial charge < -0.3 is 14.8 Å². The van der Waals surface area contributed by atoms with Gasteiger partial charge in [0.15, 0.2) is 11.5 Å². The monoisotopic (exact) mass is 493 g/mol. The summed E-state index contributed by atoms with van der Waals surface area (Å²) in [7, 11) is 3.10. The second-order valence-corrected chi connectivity index (χ2v) is 9.20. The molecule has 0 aliphatic heterocycles. The van der Waals surface area contributed by atoms with Crippen molar-refractivity contribution in [2.75, 3.05) is 14.2 Å². The van der Waals surface area contributed by atoms with Crippen LogP contribution in [0.25, 0.3) is 10.2 Å². The van der Waals surface area contributed by atoms with Gasteiger partial charge in [0, 0.05) is 6.54 Å². The Balaban J connectivity index is 1.60. The highest BCUT2D eigenvalue weighted by atomic mass is 32.1. The molecule has 0 aliphatic carbocycles. The van der Waals surface area contributed by atoms with Crippen molar-refractivity contribution in [2.45, 2.75) is 33.5 Å². The van der Waals surface area contributed by atoms with E-state index in [0.29, 0.717) is 21.7 Å². The zero-order valence-corrected chi connectivity index (χ0v) is 20.9. The minimum absolute atomic E-state index is 0.139. The van der Waals surface area contributed by atoms with Crippen LogP contribution in [0, 0.1) is 13.8 Å². The van der Waals surface area contributed by atoms with Crippen LogP contribution < -0.4 is 26.0 Å². The van der Waals surface area contributed by atoms with Gasteiger partial charge in [-0.3, -0.25) is 18.7 Å². The van der Waals surface area contributed by atoms with Crippen molar-refractivity contribution in [3.05, 3.63) is 90.9 Å². The van der Waals surface area contributed by atoms with E-state index in [1.165, 1.54) is 20.5 Å². The summed E-state index contributed by atoms with van der Waals surface area (Å²) < 4.78 is 13.6. The SMILES string of the molecule is COc1ccc(CNC(=O)Cn2c(=O)n(Cc3ccc(C)c(C)c3)c(=O)c3sccc32)cc1OC. The average molecular weight is 494 g/mol. The molecule has 2 heterocycles. The quantitative estimate of drug-likeness (QED) is 0.407. The minimum Gasteiger partial charge on any atom is -0.493 e. The van der Waals surface area contributed by atoms with E-state index in [-0.39, 0.29) is 31.1 Å². The average Bonchev–Trinajstić information content (AvgIpc) is 3.35. The molecule has 35 heavy (non-hydrogen) atoms. The molecule has 9 heteroatoms. The molecule has 0 spiro atoms. The molecule has 0 radical (unpaired) electrons. The van der Waals surface area contributed by atoms with Gasteiger partial charge in [-0.1, -0.05) is 24.3 Å². The number of fused-ring (bicyclic) bond motifs is 1. The minimum atomic E-state index is -0.514. The zero-order valence-electron chi connectivity index (χ0n) is 20.1. The summed E-state index contributed by atoms with van der Waals surface area (Å²) >= 11 is 1.26. The van der Waals surface area contributed by atoms with Crippen LogP contribution in [0.1, 0.15) is 22.3 Å². The van der Waals surface area contributed by atoms with Crippen molar-refractivity contribution in [3.8, 4) is 11.5 Å². The Morgan fingerprint density at radius 2 is 1.66 bits per heavy atom. The summed E-state index contributed by atoms with van der Waals surface area (Å²) in [5.74, 6) is 0.819. The molecule has 4 rings (SSSR count). The van der Waals surface area contributed by atoms with Gasteiger partial charge in [0.25, 0.3) is 5.56 Å². The van der Waals surface area contributed by atoms with Gasteiger partial charge in [-0.15, -0.1) is 11.3 Å². The molecule has 0 bridgehead atoms. The van der Waals surface area contributed by atoms with Crippen molar-refractivity contribution < 1.29 is 14.3 Å². The lowest BCUT2D eigenvalue weighted by Gasteiger charge is -2.14. The van der Waals surface area contributed by atoms with Crippen LogP contribution in [0.15, 0.2) is 57.4 Å². The molecule has 0 fully saturated rings. The fourth-order valence-electron chi connectivity index (χ4n) is 3.90.